The fourth-order valence-electron chi connectivity index (χ4n) is 8.05. The van der Waals surface area contributed by atoms with Crippen molar-refractivity contribution in [2.24, 2.45) is 28.6 Å². The molecule has 0 spiro atoms. The summed E-state index contributed by atoms with van der Waals surface area (Å²) in [5.41, 5.74) is 1.26. The molecule has 1 saturated heterocycles. The van der Waals surface area contributed by atoms with Gasteiger partial charge in [0.15, 0.2) is 12.1 Å². The molecule has 4 unspecified atom stereocenters. The smallest absolute Gasteiger partial charge is 0.547 e. The van der Waals surface area contributed by atoms with Crippen LogP contribution >= 0.6 is 0 Å². The number of carboxylic acids is 1. The summed E-state index contributed by atoms with van der Waals surface area (Å²) in [6.45, 7) is 4.56. The van der Waals surface area contributed by atoms with E-state index >= 15 is 0 Å². The van der Waals surface area contributed by atoms with E-state index in [1.807, 2.05) is 6.08 Å². The van der Waals surface area contributed by atoms with Gasteiger partial charge in [0.2, 0.25) is 0 Å². The van der Waals surface area contributed by atoms with Crippen LogP contribution in [0.15, 0.2) is 11.6 Å². The number of hydrogen-bond acceptors (Lipinski definition) is 8. The zero-order chi connectivity index (χ0) is 23.7. The summed E-state index contributed by atoms with van der Waals surface area (Å²) in [6, 6.07) is 0. The first kappa shape index (κ1) is 26.7. The molecule has 34 heavy (non-hydrogen) atoms. The van der Waals surface area contributed by atoms with Gasteiger partial charge in [0.1, 0.15) is 24.4 Å². The van der Waals surface area contributed by atoms with E-state index in [0.29, 0.717) is 24.2 Å². The van der Waals surface area contributed by atoms with Gasteiger partial charge in [-0.3, -0.25) is 4.79 Å². The Bertz CT molecular complexity index is 862. The van der Waals surface area contributed by atoms with Crippen molar-refractivity contribution in [2.45, 2.75) is 102 Å². The number of aliphatic hydroxyl groups is 3. The average Bonchev–Trinajstić information content (AvgIpc) is 3.10. The predicted molar refractivity (Wildman–Crippen MR) is 113 cm³/mol. The van der Waals surface area contributed by atoms with E-state index in [1.165, 1.54) is 5.57 Å². The van der Waals surface area contributed by atoms with Gasteiger partial charge in [0.05, 0.1) is 12.1 Å². The van der Waals surface area contributed by atoms with Crippen molar-refractivity contribution < 1.29 is 69.0 Å². The van der Waals surface area contributed by atoms with E-state index in [2.05, 4.69) is 13.8 Å². The van der Waals surface area contributed by atoms with Crippen LogP contribution in [-0.2, 0) is 19.1 Å². The summed E-state index contributed by atoms with van der Waals surface area (Å²) in [6.07, 6.45) is 0.854. The minimum absolute atomic E-state index is 0. The molecule has 8 nitrogen and oxygen atoms in total. The Kier molecular flexibility index (Phi) is 7.49. The molecule has 0 aromatic heterocycles. The van der Waals surface area contributed by atoms with E-state index in [1.54, 1.807) is 0 Å². The van der Waals surface area contributed by atoms with Crippen molar-refractivity contribution >= 4 is 11.8 Å². The zero-order valence-corrected chi connectivity index (χ0v) is 22.3. The van der Waals surface area contributed by atoms with Crippen LogP contribution in [0, 0.1) is 28.6 Å². The Hall–Kier alpha value is -0.320. The fourth-order valence-corrected chi connectivity index (χ4v) is 8.05. The fraction of sp³-hybridized carbons (Fsp3) is 0.840. The first-order valence-corrected chi connectivity index (χ1v) is 12.4. The molecule has 0 amide bonds. The van der Waals surface area contributed by atoms with Crippen molar-refractivity contribution in [3.05, 3.63) is 11.6 Å². The van der Waals surface area contributed by atoms with Crippen LogP contribution < -0.4 is 34.7 Å². The molecule has 184 valence electrons. The number of fused-ring (bicyclic) bond motifs is 5. The van der Waals surface area contributed by atoms with Crippen molar-refractivity contribution in [2.75, 3.05) is 0 Å². The Labute approximate surface area is 222 Å². The van der Waals surface area contributed by atoms with E-state index in [9.17, 15) is 30.0 Å². The molecule has 1 heterocycles. The number of ether oxygens (including phenoxy) is 2. The van der Waals surface area contributed by atoms with Crippen LogP contribution in [-0.4, -0.2) is 63.9 Å². The summed E-state index contributed by atoms with van der Waals surface area (Å²) in [5, 5.41) is 41.8. The van der Waals surface area contributed by atoms with Crippen molar-refractivity contribution in [1.29, 1.82) is 0 Å². The van der Waals surface area contributed by atoms with Crippen LogP contribution in [0.5, 0.6) is 0 Å². The zero-order valence-electron chi connectivity index (χ0n) is 20.3. The largest absolute Gasteiger partial charge is 1.00 e. The second-order valence-electron chi connectivity index (χ2n) is 11.4. The second kappa shape index (κ2) is 9.53. The van der Waals surface area contributed by atoms with Gasteiger partial charge in [-0.05, 0) is 79.6 Å². The van der Waals surface area contributed by atoms with E-state index < -0.39 is 36.7 Å². The summed E-state index contributed by atoms with van der Waals surface area (Å²) in [5.74, 6) is 0.115. The molecule has 4 aliphatic carbocycles. The van der Waals surface area contributed by atoms with Gasteiger partial charge in [0, 0.05) is 6.42 Å². The number of hydrogen-bond donors (Lipinski definition) is 3. The molecule has 0 bridgehead atoms. The second-order valence-corrected chi connectivity index (χ2v) is 11.4. The number of carboxylic acid groups (broad SMARTS) is 1. The van der Waals surface area contributed by atoms with Gasteiger partial charge in [-0.25, -0.2) is 0 Å². The minimum Gasteiger partial charge on any atom is -0.547 e. The number of aliphatic hydroxyl groups excluding tert-OH is 3. The molecule has 0 aromatic rings. The molecule has 11 atom stereocenters. The van der Waals surface area contributed by atoms with E-state index in [4.69, 9.17) is 9.47 Å². The quantitative estimate of drug-likeness (QED) is 0.372. The van der Waals surface area contributed by atoms with Gasteiger partial charge < -0.3 is 34.7 Å². The third-order valence-corrected chi connectivity index (χ3v) is 9.98. The first-order valence-electron chi connectivity index (χ1n) is 12.4. The molecule has 1 aliphatic heterocycles. The predicted octanol–water partition coefficient (Wildman–Crippen LogP) is -2.53. The van der Waals surface area contributed by atoms with Crippen LogP contribution in [0.1, 0.15) is 65.2 Å². The number of carbonyl (C=O) groups is 2. The number of aliphatic carboxylic acids is 1. The topological polar surface area (TPSA) is 136 Å². The molecule has 9 heteroatoms. The maximum absolute atomic E-state index is 12.0. The maximum Gasteiger partial charge on any atom is 1.00 e. The standard InChI is InChI=1S/C25H36O8.Na/c1-24-9-7-13(26)11-12(24)3-4-14-15-5-6-17(25(15,2)10-8-16(14)24)32-23-20(29)18(27)19(28)21(33-23)22(30)31;/h11,14-21,23,27-29H,3-10H2,1-2H3,(H,30,31);/q;+1/p-1/t14?,15?,16?,17-,18-,19-,20+,21-,23?,24-,25-;/m0./s1. The van der Waals surface area contributed by atoms with Crippen LogP contribution in [0.2, 0.25) is 0 Å². The van der Waals surface area contributed by atoms with Gasteiger partial charge in [-0.2, -0.15) is 0 Å². The van der Waals surface area contributed by atoms with E-state index in [0.717, 1.165) is 44.9 Å². The maximum atomic E-state index is 12.0. The van der Waals surface area contributed by atoms with Gasteiger partial charge >= 0.3 is 29.6 Å². The van der Waals surface area contributed by atoms with Crippen molar-refractivity contribution in [3.63, 3.8) is 0 Å². The van der Waals surface area contributed by atoms with Crippen LogP contribution in [0.4, 0.5) is 0 Å². The van der Waals surface area contributed by atoms with Gasteiger partial charge in [-0.1, -0.05) is 19.4 Å². The Morgan fingerprint density at radius 2 is 1.76 bits per heavy atom. The molecule has 4 fully saturated rings. The third kappa shape index (κ3) is 4.06. The minimum atomic E-state index is -1.78. The first-order chi connectivity index (χ1) is 15.6. The number of allylic oxidation sites excluding steroid dienone is 1. The van der Waals surface area contributed by atoms with Crippen LogP contribution in [0.3, 0.4) is 0 Å². The van der Waals surface area contributed by atoms with E-state index in [-0.39, 0.29) is 52.3 Å². The average molecular weight is 487 g/mol. The monoisotopic (exact) mass is 486 g/mol. The molecule has 5 rings (SSSR count). The molecule has 0 radical (unpaired) electrons. The van der Waals surface area contributed by atoms with Gasteiger partial charge in [0.25, 0.3) is 0 Å². The molecular formula is C25H35NaO8. The molecule has 0 aromatic carbocycles. The summed E-state index contributed by atoms with van der Waals surface area (Å²) >= 11 is 0. The van der Waals surface area contributed by atoms with Crippen molar-refractivity contribution in [3.8, 4) is 0 Å². The van der Waals surface area contributed by atoms with Gasteiger partial charge in [-0.15, -0.1) is 0 Å². The summed E-state index contributed by atoms with van der Waals surface area (Å²) in [7, 11) is 0. The van der Waals surface area contributed by atoms with Crippen molar-refractivity contribution in [1.82, 2.24) is 0 Å². The Morgan fingerprint density at radius 3 is 2.47 bits per heavy atom. The summed E-state index contributed by atoms with van der Waals surface area (Å²) in [4.78, 5) is 23.4. The third-order valence-electron chi connectivity index (χ3n) is 9.98. The normalized spacial score (nSPS) is 50.3. The molecule has 3 N–H and O–H groups in total. The SMILES string of the molecule is C[C@]12CCC(=O)C=C1CCC1C2CC[C@@]2(C)C1CC[C@@H]2OC1O[C@H](C(=O)[O-])[C@@H](O)[C@H](O)[C@H]1O.[Na+]. The number of rotatable bonds is 3. The molecular weight excluding hydrogens is 451 g/mol. The molecule has 3 saturated carbocycles. The van der Waals surface area contributed by atoms with Crippen LogP contribution in [0.25, 0.3) is 0 Å². The Morgan fingerprint density at radius 1 is 1.03 bits per heavy atom. The number of ketones is 1. The Balaban J connectivity index is 0.00000274. The summed E-state index contributed by atoms with van der Waals surface area (Å²) < 4.78 is 11.5. The number of carbonyl (C=O) groups excluding carboxylic acids is 2. The molecule has 5 aliphatic rings.